The summed E-state index contributed by atoms with van der Waals surface area (Å²) in [6.07, 6.45) is 8.70. The first-order valence-electron chi connectivity index (χ1n) is 37.2. The molecule has 0 aliphatic carbocycles. The van der Waals surface area contributed by atoms with Gasteiger partial charge in [-0.1, -0.05) is 109 Å². The molecular formula is C81H82Br4ClF4N13O11S4. The fourth-order valence-corrected chi connectivity index (χ4v) is 18.3. The first-order chi connectivity index (χ1) is 56.3. The van der Waals surface area contributed by atoms with Crippen LogP contribution in [0.15, 0.2) is 202 Å². The van der Waals surface area contributed by atoms with E-state index in [9.17, 15) is 46.6 Å². The molecule has 4 aromatic heterocycles. The second-order valence-corrected chi connectivity index (χ2v) is 34.0. The van der Waals surface area contributed by atoms with E-state index < -0.39 is 59.6 Å². The molecule has 0 radical (unpaired) electrons. The minimum atomic E-state index is -0.784. The normalized spacial score (nSPS) is 19.1. The average molecular weight is 1970 g/mol. The largest absolute Gasteiger partial charge is 0.466 e. The number of amidine groups is 4. The van der Waals surface area contributed by atoms with E-state index in [4.69, 9.17) is 49.4 Å². The van der Waals surface area contributed by atoms with Crippen LogP contribution in [0.3, 0.4) is 0 Å². The van der Waals surface area contributed by atoms with Crippen LogP contribution in [0, 0.1) is 41.0 Å². The number of aliphatic hydroxyl groups excluding tert-OH is 1. The van der Waals surface area contributed by atoms with Gasteiger partial charge in [-0.15, -0.1) is 57.8 Å². The third-order valence-electron chi connectivity index (χ3n) is 18.6. The van der Waals surface area contributed by atoms with Crippen molar-refractivity contribution in [2.45, 2.75) is 111 Å². The topological polar surface area (TPSA) is 309 Å². The molecule has 0 saturated carbocycles. The molecule has 0 amide bonds. The summed E-state index contributed by atoms with van der Waals surface area (Å²) in [5.41, 5.74) is 13.3. The SMILES string of the molecule is CCOC(=O)C1=C(CC(C)C(=O)OCC)NC(c2nccs2)=N[C@H]1c1ccc(F)cc1Br.CCOC(=O)C1=C(CC(C)CO)NC(c2nccs2)=N[C@H]1c1ccc(F)cc1Br.CCOC(=O)C1=C2CC(C)CN2C(c2nccs2)=N[C@H]1c1ccc(F)cc1Br.CCOC(=O)C1=C2CC(N)CN2C(c2nccs2)=N[C@H]1c1ccc(F)cc1Br.Cl. The highest BCUT2D eigenvalue weighted by Crippen LogP contribution is 2.47. The molecule has 24 nitrogen and oxygen atoms in total. The molecule has 5 N–H and O–H groups in total. The summed E-state index contributed by atoms with van der Waals surface area (Å²) in [6, 6.07) is 14.5. The number of nitrogens with zero attached hydrogens (tertiary/aromatic N) is 10. The molecular weight excluding hydrogens is 1890 g/mol. The number of thiazole rings is 4. The van der Waals surface area contributed by atoms with Crippen molar-refractivity contribution in [1.82, 2.24) is 40.4 Å². The Balaban J connectivity index is 0.000000165. The minimum absolute atomic E-state index is 0. The summed E-state index contributed by atoms with van der Waals surface area (Å²) in [7, 11) is 0. The highest BCUT2D eigenvalue weighted by Gasteiger charge is 2.45. The lowest BCUT2D eigenvalue weighted by atomic mass is 9.92. The van der Waals surface area contributed by atoms with E-state index in [1.807, 2.05) is 33.3 Å². The third-order valence-corrected chi connectivity index (χ3v) is 24.4. The Kier molecular flexibility index (Phi) is 33.1. The zero-order valence-electron chi connectivity index (χ0n) is 64.8. The molecule has 8 aromatic rings. The van der Waals surface area contributed by atoms with Gasteiger partial charge in [0, 0.05) is 126 Å². The second-order valence-electron chi connectivity index (χ2n) is 27.0. The van der Waals surface area contributed by atoms with E-state index in [1.165, 1.54) is 93.9 Å². The predicted octanol–water partition coefficient (Wildman–Crippen LogP) is 17.0. The Morgan fingerprint density at radius 1 is 0.492 bits per heavy atom. The highest BCUT2D eigenvalue weighted by molar-refractivity contribution is 9.11. The van der Waals surface area contributed by atoms with Crippen molar-refractivity contribution < 1.29 is 70.3 Å². The number of rotatable bonds is 23. The summed E-state index contributed by atoms with van der Waals surface area (Å²) >= 11 is 19.4. The van der Waals surface area contributed by atoms with Gasteiger partial charge >= 0.3 is 29.8 Å². The molecule has 6 aliphatic heterocycles. The minimum Gasteiger partial charge on any atom is -0.466 e. The van der Waals surface area contributed by atoms with Crippen LogP contribution >= 0.6 is 121 Å². The van der Waals surface area contributed by atoms with Gasteiger partial charge in [0.1, 0.15) is 47.4 Å². The summed E-state index contributed by atoms with van der Waals surface area (Å²) < 4.78 is 83.3. The van der Waals surface area contributed by atoms with Crippen molar-refractivity contribution in [2.75, 3.05) is 52.7 Å². The molecule has 37 heteroatoms. The maximum Gasteiger partial charge on any atom is 0.338 e. The molecule has 118 heavy (non-hydrogen) atoms. The van der Waals surface area contributed by atoms with Crippen LogP contribution in [0.1, 0.15) is 148 Å². The van der Waals surface area contributed by atoms with Crippen molar-refractivity contribution >= 4 is 175 Å². The molecule has 2 fully saturated rings. The van der Waals surface area contributed by atoms with Crippen LogP contribution in [-0.2, 0) is 47.7 Å². The number of halogens is 9. The van der Waals surface area contributed by atoms with Crippen LogP contribution in [0.2, 0.25) is 0 Å². The van der Waals surface area contributed by atoms with Crippen molar-refractivity contribution in [3.63, 3.8) is 0 Å². The summed E-state index contributed by atoms with van der Waals surface area (Å²) in [6.45, 7) is 17.0. The molecule has 14 rings (SSSR count). The van der Waals surface area contributed by atoms with Crippen LogP contribution < -0.4 is 16.4 Å². The first-order valence-corrected chi connectivity index (χ1v) is 43.9. The number of nitrogens with one attached hydrogen (secondary N) is 2. The molecule has 4 aromatic carbocycles. The van der Waals surface area contributed by atoms with Gasteiger partial charge in [-0.25, -0.2) is 56.7 Å². The van der Waals surface area contributed by atoms with E-state index in [0.717, 1.165) is 45.8 Å². The van der Waals surface area contributed by atoms with Gasteiger partial charge in [0.05, 0.1) is 61.2 Å². The Bertz CT molecular complexity index is 5080. The Labute approximate surface area is 734 Å². The molecule has 10 heterocycles. The Morgan fingerprint density at radius 2 is 0.822 bits per heavy atom. The van der Waals surface area contributed by atoms with E-state index in [0.29, 0.717) is 116 Å². The molecule has 0 spiro atoms. The number of fused-ring (bicyclic) bond motifs is 2. The van der Waals surface area contributed by atoms with Crippen molar-refractivity contribution in [2.24, 2.45) is 43.5 Å². The number of aliphatic hydroxyl groups is 1. The first kappa shape index (κ1) is 91.7. The second kappa shape index (κ2) is 42.6. The van der Waals surface area contributed by atoms with Gasteiger partial charge < -0.3 is 55.0 Å². The van der Waals surface area contributed by atoms with E-state index >= 15 is 0 Å². The lowest BCUT2D eigenvalue weighted by Crippen LogP contribution is -2.36. The van der Waals surface area contributed by atoms with Crippen LogP contribution in [0.25, 0.3) is 0 Å². The molecule has 0 bridgehead atoms. The zero-order valence-corrected chi connectivity index (χ0v) is 75.2. The lowest BCUT2D eigenvalue weighted by Gasteiger charge is -2.32. The summed E-state index contributed by atoms with van der Waals surface area (Å²) in [5.74, 6) is -1.59. The number of aliphatic imine (C=N–C) groups is 4. The van der Waals surface area contributed by atoms with Crippen LogP contribution in [0.5, 0.6) is 0 Å². The van der Waals surface area contributed by atoms with E-state index in [-0.39, 0.29) is 99.6 Å². The summed E-state index contributed by atoms with van der Waals surface area (Å²) in [4.78, 5) is 105. The average Bonchev–Trinajstić information content (AvgIpc) is 1.55. The maximum atomic E-state index is 13.8. The molecule has 624 valence electrons. The summed E-state index contributed by atoms with van der Waals surface area (Å²) in [5, 5.41) is 26.2. The Hall–Kier alpha value is -8.56. The maximum absolute atomic E-state index is 13.8. The lowest BCUT2D eigenvalue weighted by molar-refractivity contribution is -0.147. The van der Waals surface area contributed by atoms with Crippen molar-refractivity contribution in [1.29, 1.82) is 0 Å². The third kappa shape index (κ3) is 21.8. The number of aromatic nitrogens is 4. The van der Waals surface area contributed by atoms with Crippen molar-refractivity contribution in [3.05, 3.63) is 248 Å². The monoisotopic (exact) mass is 1970 g/mol. The van der Waals surface area contributed by atoms with E-state index in [1.54, 1.807) is 90.6 Å². The number of hydrogen-bond acceptors (Lipinski definition) is 28. The number of benzene rings is 4. The number of esters is 5. The van der Waals surface area contributed by atoms with Gasteiger partial charge in [-0.3, -0.25) is 24.8 Å². The fraction of sp³-hybridized carbons (Fsp3) is 0.346. The number of ether oxygens (including phenoxy) is 5. The molecule has 6 aliphatic rings. The number of nitrogens with two attached hydrogens (primary N) is 1. The number of carbonyl (C=O) groups is 5. The standard InChI is InChI=1S/C22H23BrFN3O4S.C20H21BrFN3O3S.C20H19BrFN3O2S.C19H18BrFN4O2S.ClH/c1-4-30-21(28)12(3)10-16-17(22(29)31-5-2)18(14-7-6-13(24)11-15(14)23)27-19(26-16)20-25-8-9-32-20;1-3-28-20(27)16-15(8-11(2)10-26)24-18(19-23-6-7-29-19)25-17(16)13-5-4-12(22)9-14(13)21;1-3-27-20(26)16-15-8-11(2)10-25(15)18(19-23-6-7-28-19)24-17(16)13-5-4-12(22)9-14(13)21;1-2-27-19(26)15-14-8-11(22)9-25(14)17(18-23-5-6-28-18)24-16(15)12-4-3-10(21)7-13(12)20;/h6-9,11-12,18H,4-5,10H2,1-3H3,(H,26,27);4-7,9,11,17,26H,3,8,10H2,1-2H3,(H,24,25);4-7,9,11,17H,3,8,10H2,1-2H3;3-7,11,16H,2,8-9,22H2,1H3;1H/t12?,18-;2*11?,17-;11?,16-;/m0000./s1. The number of carbonyl (C=O) groups excluding carboxylic acids is 5. The Morgan fingerprint density at radius 3 is 1.16 bits per heavy atom. The molecule has 4 unspecified atom stereocenters. The highest BCUT2D eigenvalue weighted by atomic mass is 79.9. The quantitative estimate of drug-likeness (QED) is 0.0263. The van der Waals surface area contributed by atoms with Gasteiger partial charge in [0.15, 0.2) is 43.4 Å². The number of allylic oxidation sites excluding steroid dienone is 3. The van der Waals surface area contributed by atoms with Crippen LogP contribution in [-0.4, -0.2) is 147 Å². The van der Waals surface area contributed by atoms with Crippen molar-refractivity contribution in [3.8, 4) is 0 Å². The van der Waals surface area contributed by atoms with Gasteiger partial charge in [0.2, 0.25) is 0 Å². The predicted molar refractivity (Wildman–Crippen MR) is 461 cm³/mol. The zero-order chi connectivity index (χ0) is 83.9. The number of hydrogen-bond donors (Lipinski definition) is 4. The van der Waals surface area contributed by atoms with Crippen LogP contribution in [0.4, 0.5) is 17.6 Å². The molecule has 8 atom stereocenters. The van der Waals surface area contributed by atoms with Gasteiger partial charge in [0.25, 0.3) is 0 Å². The van der Waals surface area contributed by atoms with Gasteiger partial charge in [-0.2, -0.15) is 0 Å². The smallest absolute Gasteiger partial charge is 0.338 e. The van der Waals surface area contributed by atoms with E-state index in [2.05, 4.69) is 106 Å². The fourth-order valence-electron chi connectivity index (χ4n) is 13.5. The van der Waals surface area contributed by atoms with Gasteiger partial charge in [-0.05, 0) is 130 Å². The molecule has 2 saturated heterocycles.